The molecule has 1 unspecified atom stereocenters. The van der Waals surface area contributed by atoms with E-state index < -0.39 is 29.2 Å². The smallest absolute Gasteiger partial charge is 0.352 e. The Bertz CT molecular complexity index is 1510. The van der Waals surface area contributed by atoms with Crippen molar-refractivity contribution in [2.24, 2.45) is 5.16 Å². The van der Waals surface area contributed by atoms with Crippen LogP contribution in [-0.4, -0.2) is 67.9 Å². The molecule has 15 heteroatoms. The van der Waals surface area contributed by atoms with E-state index in [0.29, 0.717) is 28.3 Å². The van der Waals surface area contributed by atoms with E-state index in [1.54, 1.807) is 23.0 Å². The van der Waals surface area contributed by atoms with E-state index in [-0.39, 0.29) is 35.4 Å². The first-order chi connectivity index (χ1) is 18.2. The topological polar surface area (TPSA) is 190 Å². The fraction of sp³-hybridized carbons (Fsp3) is 0.348. The van der Waals surface area contributed by atoms with Crippen LogP contribution in [0.2, 0.25) is 0 Å². The van der Waals surface area contributed by atoms with Gasteiger partial charge in [-0.05, 0) is 0 Å². The lowest BCUT2D eigenvalue weighted by atomic mass is 10.0. The number of aliphatic carboxylic acids is 1. The third kappa shape index (κ3) is 4.44. The third-order valence-corrected chi connectivity index (χ3v) is 7.32. The largest absolute Gasteiger partial charge is 0.477 e. The van der Waals surface area contributed by atoms with Crippen LogP contribution in [-0.2, 0) is 25.8 Å². The summed E-state index contributed by atoms with van der Waals surface area (Å²) in [6.45, 7) is 4.19. The van der Waals surface area contributed by atoms with Crippen molar-refractivity contribution in [1.29, 1.82) is 0 Å². The predicted octanol–water partition coefficient (Wildman–Crippen LogP) is 0.598. The number of fused-ring (bicyclic) bond motifs is 2. The van der Waals surface area contributed by atoms with Gasteiger partial charge in [0.15, 0.2) is 24.3 Å². The highest BCUT2D eigenvalue weighted by atomic mass is 32.2. The number of carbonyl (C=O) groups is 3. The summed E-state index contributed by atoms with van der Waals surface area (Å²) in [5.41, 5.74) is 7.03. The van der Waals surface area contributed by atoms with E-state index in [1.807, 2.05) is 13.8 Å². The number of rotatable bonds is 8. The van der Waals surface area contributed by atoms with E-state index in [9.17, 15) is 19.5 Å². The lowest BCUT2D eigenvalue weighted by Crippen LogP contribution is -2.71. The molecule has 0 spiro atoms. The van der Waals surface area contributed by atoms with Crippen LogP contribution in [0.4, 0.5) is 5.88 Å². The number of aromatic nitrogens is 3. The number of nitrogens with zero attached hydrogens (tertiary/aromatic N) is 5. The average Bonchev–Trinajstić information content (AvgIpc) is 3.51. The van der Waals surface area contributed by atoms with Gasteiger partial charge in [0.25, 0.3) is 11.8 Å². The molecule has 14 nitrogen and oxygen atoms in total. The molecule has 2 aliphatic rings. The van der Waals surface area contributed by atoms with Crippen LogP contribution in [0.3, 0.4) is 0 Å². The zero-order valence-electron chi connectivity index (χ0n) is 20.6. The average molecular weight is 543 g/mol. The molecule has 1 saturated heterocycles. The second kappa shape index (κ2) is 9.81. The molecule has 1 fully saturated rings. The van der Waals surface area contributed by atoms with Gasteiger partial charge in [-0.2, -0.15) is 4.57 Å². The number of nitrogens with two attached hydrogens (primary N) is 1. The van der Waals surface area contributed by atoms with Crippen molar-refractivity contribution >= 4 is 52.2 Å². The highest BCUT2D eigenvalue weighted by Gasteiger charge is 2.54. The van der Waals surface area contributed by atoms with Gasteiger partial charge in [0.2, 0.25) is 17.7 Å². The number of hydrogen-bond donors (Lipinski definition) is 3. The highest BCUT2D eigenvalue weighted by molar-refractivity contribution is 8.00. The van der Waals surface area contributed by atoms with Gasteiger partial charge in [-0.25, -0.2) is 9.78 Å². The Morgan fingerprint density at radius 1 is 1.45 bits per heavy atom. The van der Waals surface area contributed by atoms with E-state index >= 15 is 0 Å². The van der Waals surface area contributed by atoms with Crippen LogP contribution >= 0.6 is 11.8 Å². The molecule has 5 rings (SSSR count). The number of pyridine rings is 1. The summed E-state index contributed by atoms with van der Waals surface area (Å²) in [6.07, 6.45) is 3.54. The molecule has 4 N–H and O–H groups in total. The van der Waals surface area contributed by atoms with Crippen LogP contribution < -0.4 is 15.6 Å². The molecule has 0 saturated carbocycles. The summed E-state index contributed by atoms with van der Waals surface area (Å²) in [6, 6.07) is 2.12. The second-order valence-electron chi connectivity index (χ2n) is 8.93. The maximum Gasteiger partial charge on any atom is 0.352 e. The molecule has 3 aromatic rings. The van der Waals surface area contributed by atoms with Crippen molar-refractivity contribution in [1.82, 2.24) is 20.4 Å². The number of amides is 2. The molecule has 2 aliphatic heterocycles. The first-order valence-electron chi connectivity index (χ1n) is 11.5. The van der Waals surface area contributed by atoms with Gasteiger partial charge in [0.05, 0.1) is 0 Å². The van der Waals surface area contributed by atoms with Crippen molar-refractivity contribution < 1.29 is 37.8 Å². The van der Waals surface area contributed by atoms with Gasteiger partial charge in [-0.3, -0.25) is 14.5 Å². The first kappa shape index (κ1) is 25.3. The highest BCUT2D eigenvalue weighted by Crippen LogP contribution is 2.40. The third-order valence-electron chi connectivity index (χ3n) is 5.98. The van der Waals surface area contributed by atoms with Crippen molar-refractivity contribution in [3.05, 3.63) is 47.4 Å². The SMILES string of the molecule is CON=C(C(=O)NC1C(=O)N2C(C(=O)O)=C(C[n+]3ccc4nc(C(C)C)oc4c3)CS[C@@H]12)c1cc(N)on1. The fourth-order valence-corrected chi connectivity index (χ4v) is 5.55. The Kier molecular flexibility index (Phi) is 6.52. The number of carboxylic acids is 1. The molecular formula is C23H24N7O7S+. The molecule has 3 aromatic heterocycles. The summed E-state index contributed by atoms with van der Waals surface area (Å²) in [4.78, 5) is 48.5. The van der Waals surface area contributed by atoms with Gasteiger partial charge in [0, 0.05) is 29.4 Å². The Hall–Kier alpha value is -4.40. The van der Waals surface area contributed by atoms with Crippen LogP contribution in [0.25, 0.3) is 11.1 Å². The summed E-state index contributed by atoms with van der Waals surface area (Å²) in [7, 11) is 1.25. The van der Waals surface area contributed by atoms with Crippen molar-refractivity contribution in [3.8, 4) is 0 Å². The Labute approximate surface area is 219 Å². The molecule has 0 aromatic carbocycles. The molecule has 5 heterocycles. The normalized spacial score (nSPS) is 19.5. The standard InChI is InChI=1S/C23H23N7O7S/c1-10(2)20-25-12-4-5-29(8-14(12)36-20)7-11-9-38-22-17(21(32)30(22)18(11)23(33)34)26-19(31)16(28-35-3)13-6-15(24)37-27-13/h4-6,8,10,17,22H,7,9H2,1-3H3,(H3-,24,26,27,31,33,34)/p+1/t17?,22-/m0/s1. The van der Waals surface area contributed by atoms with E-state index in [0.717, 1.165) is 0 Å². The lowest BCUT2D eigenvalue weighted by Gasteiger charge is -2.49. The fourth-order valence-electron chi connectivity index (χ4n) is 4.21. The monoisotopic (exact) mass is 542 g/mol. The predicted molar refractivity (Wildman–Crippen MR) is 132 cm³/mol. The molecule has 0 bridgehead atoms. The van der Waals surface area contributed by atoms with Crippen molar-refractivity contribution in [2.45, 2.75) is 37.7 Å². The molecule has 0 aliphatic carbocycles. The van der Waals surface area contributed by atoms with Crippen molar-refractivity contribution in [2.75, 3.05) is 18.6 Å². The maximum absolute atomic E-state index is 13.1. The Morgan fingerprint density at radius 3 is 2.89 bits per heavy atom. The summed E-state index contributed by atoms with van der Waals surface area (Å²) in [5, 5.41) is 19.3. The van der Waals surface area contributed by atoms with Crippen LogP contribution in [0.5, 0.6) is 0 Å². The molecule has 2 atom stereocenters. The van der Waals surface area contributed by atoms with E-state index in [2.05, 4.69) is 20.6 Å². The Morgan fingerprint density at radius 2 is 2.24 bits per heavy atom. The maximum atomic E-state index is 13.1. The first-order valence-corrected chi connectivity index (χ1v) is 12.6. The van der Waals surface area contributed by atoms with Gasteiger partial charge in [-0.15, -0.1) is 11.8 Å². The number of thioether (sulfide) groups is 1. The number of β-lactam (4-membered cyclic amide) rings is 1. The summed E-state index contributed by atoms with van der Waals surface area (Å²) in [5.74, 6) is -1.49. The second-order valence-corrected chi connectivity index (χ2v) is 10.0. The van der Waals surface area contributed by atoms with E-state index in [1.165, 1.54) is 29.8 Å². The van der Waals surface area contributed by atoms with Gasteiger partial charge >= 0.3 is 5.97 Å². The molecule has 38 heavy (non-hydrogen) atoms. The number of hydrogen-bond acceptors (Lipinski definition) is 11. The van der Waals surface area contributed by atoms with Gasteiger partial charge in [0.1, 0.15) is 35.4 Å². The number of oxime groups is 1. The van der Waals surface area contributed by atoms with Gasteiger partial charge in [-0.1, -0.05) is 24.2 Å². The lowest BCUT2D eigenvalue weighted by molar-refractivity contribution is -0.688. The number of nitrogens with one attached hydrogen (secondary N) is 1. The molecule has 2 amide bonds. The number of nitrogen functional groups attached to an aromatic ring is 1. The zero-order chi connectivity index (χ0) is 27.1. The minimum Gasteiger partial charge on any atom is -0.477 e. The Balaban J connectivity index is 1.35. The van der Waals surface area contributed by atoms with Crippen molar-refractivity contribution in [3.63, 3.8) is 0 Å². The summed E-state index contributed by atoms with van der Waals surface area (Å²) < 4.78 is 12.4. The zero-order valence-corrected chi connectivity index (χ0v) is 21.4. The quantitative estimate of drug-likeness (QED) is 0.156. The number of oxazole rings is 1. The molecular weight excluding hydrogens is 518 g/mol. The number of carbonyl (C=O) groups excluding carboxylic acids is 2. The minimum atomic E-state index is -1.23. The molecule has 198 valence electrons. The van der Waals surface area contributed by atoms with Crippen LogP contribution in [0, 0.1) is 0 Å². The van der Waals surface area contributed by atoms with Crippen LogP contribution in [0.15, 0.2) is 49.9 Å². The minimum absolute atomic E-state index is 0.0245. The van der Waals surface area contributed by atoms with E-state index in [4.69, 9.17) is 19.5 Å². The number of carboxylic acid groups (broad SMARTS) is 1. The molecule has 0 radical (unpaired) electrons. The summed E-state index contributed by atoms with van der Waals surface area (Å²) >= 11 is 1.35. The number of anilines is 1. The van der Waals surface area contributed by atoms with Gasteiger partial charge < -0.3 is 29.9 Å². The van der Waals surface area contributed by atoms with Crippen LogP contribution in [0.1, 0.15) is 31.4 Å².